The topological polar surface area (TPSA) is 97.6 Å². The zero-order valence-corrected chi connectivity index (χ0v) is 16.1. The van der Waals surface area contributed by atoms with Gasteiger partial charge in [0.05, 0.1) is 11.4 Å². The van der Waals surface area contributed by atoms with E-state index in [1.807, 2.05) is 42.5 Å². The molecule has 0 saturated heterocycles. The lowest BCUT2D eigenvalue weighted by molar-refractivity contribution is -0.125. The third-order valence-electron chi connectivity index (χ3n) is 4.61. The van der Waals surface area contributed by atoms with Gasteiger partial charge in [-0.05, 0) is 31.2 Å². The van der Waals surface area contributed by atoms with Gasteiger partial charge in [0.15, 0.2) is 6.10 Å². The Morgan fingerprint density at radius 3 is 2.72 bits per heavy atom. The Hall–Kier alpha value is -3.68. The average molecular weight is 392 g/mol. The molecule has 0 aliphatic carbocycles. The number of nitrogens with one attached hydrogen (secondary N) is 1. The van der Waals surface area contributed by atoms with E-state index in [0.29, 0.717) is 34.4 Å². The van der Waals surface area contributed by atoms with Crippen LogP contribution in [0.3, 0.4) is 0 Å². The first-order valence-corrected chi connectivity index (χ1v) is 9.29. The van der Waals surface area contributed by atoms with Crippen LogP contribution in [0.1, 0.15) is 19.2 Å². The Bertz CT molecular complexity index is 1060. The number of hydrogen-bond acceptors (Lipinski definition) is 6. The number of amides is 2. The highest BCUT2D eigenvalue weighted by Crippen LogP contribution is 2.33. The number of nitrogens with zero attached hydrogens (tertiary/aromatic N) is 3. The number of aryl methyl sites for hydroxylation is 1. The van der Waals surface area contributed by atoms with E-state index in [1.165, 1.54) is 0 Å². The number of hydrogen-bond donors (Lipinski definition) is 1. The summed E-state index contributed by atoms with van der Waals surface area (Å²) in [4.78, 5) is 31.0. The zero-order valence-electron chi connectivity index (χ0n) is 16.1. The van der Waals surface area contributed by atoms with Gasteiger partial charge in [-0.2, -0.15) is 4.98 Å². The van der Waals surface area contributed by atoms with Crippen molar-refractivity contribution in [1.82, 2.24) is 10.1 Å². The standard InChI is InChI=1S/C21H20N4O4/c1-13-21(27)25(17-9-5-6-10-18(17)28-13)12-11-19(26)23-16-8-4-3-7-15(16)20-22-14(2)29-24-20/h3-10,13H,11-12H2,1-2H3,(H,23,26). The summed E-state index contributed by atoms with van der Waals surface area (Å²) in [5, 5.41) is 6.79. The number of para-hydroxylation sites is 3. The van der Waals surface area contributed by atoms with Gasteiger partial charge in [-0.25, -0.2) is 0 Å². The summed E-state index contributed by atoms with van der Waals surface area (Å²) < 4.78 is 10.7. The van der Waals surface area contributed by atoms with Gasteiger partial charge in [0.2, 0.25) is 17.6 Å². The van der Waals surface area contributed by atoms with E-state index in [2.05, 4.69) is 15.5 Å². The van der Waals surface area contributed by atoms with Crippen LogP contribution in [0.4, 0.5) is 11.4 Å². The second kappa shape index (κ2) is 7.75. The number of rotatable bonds is 5. The lowest BCUT2D eigenvalue weighted by atomic mass is 10.1. The summed E-state index contributed by atoms with van der Waals surface area (Å²) in [6, 6.07) is 14.5. The summed E-state index contributed by atoms with van der Waals surface area (Å²) in [6.07, 6.45) is -0.456. The normalized spacial score (nSPS) is 15.6. The van der Waals surface area contributed by atoms with E-state index in [9.17, 15) is 9.59 Å². The molecule has 1 N–H and O–H groups in total. The third-order valence-corrected chi connectivity index (χ3v) is 4.61. The largest absolute Gasteiger partial charge is 0.479 e. The first-order chi connectivity index (χ1) is 14.0. The van der Waals surface area contributed by atoms with E-state index in [0.717, 1.165) is 0 Å². The summed E-state index contributed by atoms with van der Waals surface area (Å²) >= 11 is 0. The second-order valence-corrected chi connectivity index (χ2v) is 6.70. The van der Waals surface area contributed by atoms with E-state index in [4.69, 9.17) is 9.26 Å². The van der Waals surface area contributed by atoms with Crippen LogP contribution in [0, 0.1) is 6.92 Å². The summed E-state index contributed by atoms with van der Waals surface area (Å²) in [5.41, 5.74) is 1.92. The summed E-state index contributed by atoms with van der Waals surface area (Å²) in [7, 11) is 0. The molecule has 1 aromatic heterocycles. The SMILES string of the molecule is Cc1nc(-c2ccccc2NC(=O)CCN2C(=O)C(C)Oc3ccccc32)no1. The average Bonchev–Trinajstić information content (AvgIpc) is 3.15. The molecule has 1 aliphatic rings. The predicted octanol–water partition coefficient (Wildman–Crippen LogP) is 3.19. The van der Waals surface area contributed by atoms with Crippen LogP contribution < -0.4 is 15.0 Å². The first-order valence-electron chi connectivity index (χ1n) is 9.29. The zero-order chi connectivity index (χ0) is 20.4. The molecule has 0 saturated carbocycles. The van der Waals surface area contributed by atoms with Crippen LogP contribution in [-0.4, -0.2) is 34.6 Å². The summed E-state index contributed by atoms with van der Waals surface area (Å²) in [5.74, 6) is 1.10. The van der Waals surface area contributed by atoms with Gasteiger partial charge in [0, 0.05) is 25.5 Å². The monoisotopic (exact) mass is 392 g/mol. The molecule has 0 fully saturated rings. The predicted molar refractivity (Wildman–Crippen MR) is 107 cm³/mol. The van der Waals surface area contributed by atoms with Gasteiger partial charge >= 0.3 is 0 Å². The van der Waals surface area contributed by atoms with Gasteiger partial charge in [-0.1, -0.05) is 29.4 Å². The van der Waals surface area contributed by atoms with Crippen molar-refractivity contribution in [2.24, 2.45) is 0 Å². The van der Waals surface area contributed by atoms with Crippen molar-refractivity contribution in [3.8, 4) is 17.1 Å². The van der Waals surface area contributed by atoms with E-state index in [-0.39, 0.29) is 24.8 Å². The van der Waals surface area contributed by atoms with Crippen LogP contribution in [0.5, 0.6) is 5.75 Å². The molecule has 0 radical (unpaired) electrons. The lowest BCUT2D eigenvalue weighted by Crippen LogP contribution is -2.45. The molecule has 2 heterocycles. The van der Waals surface area contributed by atoms with Crippen molar-refractivity contribution >= 4 is 23.2 Å². The Kier molecular flexibility index (Phi) is 4.99. The van der Waals surface area contributed by atoms with Crippen LogP contribution in [0.25, 0.3) is 11.4 Å². The fourth-order valence-electron chi connectivity index (χ4n) is 3.21. The van der Waals surface area contributed by atoms with Crippen molar-refractivity contribution in [3.05, 3.63) is 54.4 Å². The summed E-state index contributed by atoms with van der Waals surface area (Å²) in [6.45, 7) is 3.66. The minimum atomic E-state index is -0.588. The number of aromatic nitrogens is 2. The number of benzene rings is 2. The van der Waals surface area contributed by atoms with Crippen molar-refractivity contribution in [2.45, 2.75) is 26.4 Å². The van der Waals surface area contributed by atoms with Crippen molar-refractivity contribution in [2.75, 3.05) is 16.8 Å². The molecule has 0 bridgehead atoms. The number of ether oxygens (including phenoxy) is 1. The third kappa shape index (κ3) is 3.82. The van der Waals surface area contributed by atoms with E-state index < -0.39 is 6.10 Å². The number of carbonyl (C=O) groups excluding carboxylic acids is 2. The number of carbonyl (C=O) groups is 2. The number of fused-ring (bicyclic) bond motifs is 1. The Morgan fingerprint density at radius 1 is 1.17 bits per heavy atom. The van der Waals surface area contributed by atoms with Gasteiger partial charge < -0.3 is 19.5 Å². The molecule has 29 heavy (non-hydrogen) atoms. The molecule has 148 valence electrons. The molecule has 2 amide bonds. The molecule has 1 aliphatic heterocycles. The van der Waals surface area contributed by atoms with Crippen LogP contribution in [0.2, 0.25) is 0 Å². The quantitative estimate of drug-likeness (QED) is 0.716. The van der Waals surface area contributed by atoms with Gasteiger partial charge in [0.1, 0.15) is 5.75 Å². The Morgan fingerprint density at radius 2 is 1.93 bits per heavy atom. The minimum Gasteiger partial charge on any atom is -0.479 e. The Balaban J connectivity index is 1.47. The lowest BCUT2D eigenvalue weighted by Gasteiger charge is -2.32. The first kappa shape index (κ1) is 18.7. The van der Waals surface area contributed by atoms with Gasteiger partial charge in [-0.3, -0.25) is 9.59 Å². The maximum Gasteiger partial charge on any atom is 0.267 e. The molecular weight excluding hydrogens is 372 g/mol. The number of anilines is 2. The van der Waals surface area contributed by atoms with Crippen LogP contribution >= 0.6 is 0 Å². The molecule has 3 aromatic rings. The highest BCUT2D eigenvalue weighted by molar-refractivity contribution is 6.01. The molecule has 4 rings (SSSR count). The van der Waals surface area contributed by atoms with E-state index in [1.54, 1.807) is 24.8 Å². The highest BCUT2D eigenvalue weighted by Gasteiger charge is 2.31. The maximum atomic E-state index is 12.6. The molecule has 2 aromatic carbocycles. The fraction of sp³-hybridized carbons (Fsp3) is 0.238. The second-order valence-electron chi connectivity index (χ2n) is 6.70. The Labute approximate surface area is 167 Å². The van der Waals surface area contributed by atoms with Gasteiger partial charge in [0.25, 0.3) is 5.91 Å². The fourth-order valence-corrected chi connectivity index (χ4v) is 3.21. The molecule has 0 spiro atoms. The smallest absolute Gasteiger partial charge is 0.267 e. The van der Waals surface area contributed by atoms with Crippen molar-refractivity contribution < 1.29 is 18.8 Å². The molecule has 8 heteroatoms. The molecule has 1 atom stereocenters. The van der Waals surface area contributed by atoms with Crippen molar-refractivity contribution in [1.29, 1.82) is 0 Å². The van der Waals surface area contributed by atoms with E-state index >= 15 is 0 Å². The van der Waals surface area contributed by atoms with Crippen LogP contribution in [0.15, 0.2) is 53.1 Å². The molecular formula is C21H20N4O4. The minimum absolute atomic E-state index is 0.131. The molecule has 1 unspecified atom stereocenters. The maximum absolute atomic E-state index is 12.6. The highest BCUT2D eigenvalue weighted by atomic mass is 16.5. The molecule has 8 nitrogen and oxygen atoms in total. The van der Waals surface area contributed by atoms with Gasteiger partial charge in [-0.15, -0.1) is 0 Å². The van der Waals surface area contributed by atoms with Crippen molar-refractivity contribution in [3.63, 3.8) is 0 Å². The van der Waals surface area contributed by atoms with Crippen LogP contribution in [-0.2, 0) is 9.59 Å².